The van der Waals surface area contributed by atoms with Crippen molar-refractivity contribution in [3.8, 4) is 0 Å². The van der Waals surface area contributed by atoms with Gasteiger partial charge in [-0.3, -0.25) is 4.90 Å². The van der Waals surface area contributed by atoms with Gasteiger partial charge in [0.15, 0.2) is 0 Å². The fraction of sp³-hybridized carbons (Fsp3) is 0.875. The SMILES string of the molecule is C=CCN(CCCCCCNCC(C)C)C(C)C. The quantitative estimate of drug-likeness (QED) is 0.422. The van der Waals surface area contributed by atoms with E-state index in [2.05, 4.69) is 44.5 Å². The van der Waals surface area contributed by atoms with Crippen LogP contribution in [0.15, 0.2) is 12.7 Å². The summed E-state index contributed by atoms with van der Waals surface area (Å²) in [4.78, 5) is 2.49. The summed E-state index contributed by atoms with van der Waals surface area (Å²) in [7, 11) is 0. The van der Waals surface area contributed by atoms with Crippen LogP contribution in [-0.4, -0.2) is 37.1 Å². The van der Waals surface area contributed by atoms with Crippen LogP contribution in [0.5, 0.6) is 0 Å². The van der Waals surface area contributed by atoms with E-state index >= 15 is 0 Å². The molecule has 2 heteroatoms. The van der Waals surface area contributed by atoms with Crippen molar-refractivity contribution in [3.05, 3.63) is 12.7 Å². The summed E-state index contributed by atoms with van der Waals surface area (Å²) in [6.45, 7) is 17.4. The lowest BCUT2D eigenvalue weighted by Crippen LogP contribution is -2.31. The van der Waals surface area contributed by atoms with Gasteiger partial charge in [-0.25, -0.2) is 0 Å². The van der Waals surface area contributed by atoms with Gasteiger partial charge in [0.25, 0.3) is 0 Å². The molecule has 0 aliphatic carbocycles. The fourth-order valence-electron chi connectivity index (χ4n) is 2.04. The van der Waals surface area contributed by atoms with E-state index in [9.17, 15) is 0 Å². The third-order valence-corrected chi connectivity index (χ3v) is 3.20. The summed E-state index contributed by atoms with van der Waals surface area (Å²) in [5.41, 5.74) is 0. The smallest absolute Gasteiger partial charge is 0.0163 e. The lowest BCUT2D eigenvalue weighted by molar-refractivity contribution is 0.240. The normalized spacial score (nSPS) is 11.7. The highest BCUT2D eigenvalue weighted by atomic mass is 15.1. The van der Waals surface area contributed by atoms with Crippen molar-refractivity contribution in [2.24, 2.45) is 5.92 Å². The molecule has 0 amide bonds. The molecular weight excluding hydrogens is 220 g/mol. The molecule has 0 unspecified atom stereocenters. The van der Waals surface area contributed by atoms with Crippen molar-refractivity contribution in [2.75, 3.05) is 26.2 Å². The number of nitrogens with zero attached hydrogens (tertiary/aromatic N) is 1. The molecule has 0 fully saturated rings. The molecule has 0 saturated carbocycles. The molecule has 0 aliphatic rings. The van der Waals surface area contributed by atoms with E-state index in [1.54, 1.807) is 0 Å². The number of hydrogen-bond acceptors (Lipinski definition) is 2. The van der Waals surface area contributed by atoms with Gasteiger partial charge in [-0.1, -0.05) is 32.8 Å². The summed E-state index contributed by atoms with van der Waals surface area (Å²) < 4.78 is 0. The standard InChI is InChI=1S/C16H34N2/c1-6-12-18(16(4)5)13-10-8-7-9-11-17-14-15(2)3/h6,15-17H,1,7-14H2,2-5H3. The Morgan fingerprint density at radius 2 is 1.72 bits per heavy atom. The molecule has 0 spiro atoms. The van der Waals surface area contributed by atoms with E-state index in [0.29, 0.717) is 6.04 Å². The maximum Gasteiger partial charge on any atom is 0.0163 e. The molecular formula is C16H34N2. The molecule has 0 aromatic carbocycles. The van der Waals surface area contributed by atoms with Crippen LogP contribution < -0.4 is 5.32 Å². The third kappa shape index (κ3) is 10.8. The Morgan fingerprint density at radius 3 is 2.28 bits per heavy atom. The minimum Gasteiger partial charge on any atom is -0.316 e. The topological polar surface area (TPSA) is 15.3 Å². The van der Waals surface area contributed by atoms with Gasteiger partial charge in [0.2, 0.25) is 0 Å². The number of nitrogens with one attached hydrogen (secondary N) is 1. The lowest BCUT2D eigenvalue weighted by atomic mass is 10.1. The zero-order valence-corrected chi connectivity index (χ0v) is 13.0. The number of rotatable bonds is 12. The minimum absolute atomic E-state index is 0.635. The Morgan fingerprint density at radius 1 is 1.06 bits per heavy atom. The van der Waals surface area contributed by atoms with E-state index in [4.69, 9.17) is 0 Å². The van der Waals surface area contributed by atoms with E-state index in [1.165, 1.54) is 38.8 Å². The van der Waals surface area contributed by atoms with Crippen LogP contribution in [0.4, 0.5) is 0 Å². The molecule has 0 saturated heterocycles. The predicted octanol–water partition coefficient (Wildman–Crippen LogP) is 3.69. The summed E-state index contributed by atoms with van der Waals surface area (Å²) in [6, 6.07) is 0.635. The Labute approximate surface area is 115 Å². The van der Waals surface area contributed by atoms with Crippen molar-refractivity contribution >= 4 is 0 Å². The first-order chi connectivity index (χ1) is 8.57. The van der Waals surface area contributed by atoms with Crippen LogP contribution >= 0.6 is 0 Å². The first-order valence-electron chi connectivity index (χ1n) is 7.63. The van der Waals surface area contributed by atoms with Crippen LogP contribution in [0.1, 0.15) is 53.4 Å². The van der Waals surface area contributed by atoms with Crippen LogP contribution in [0, 0.1) is 5.92 Å². The van der Waals surface area contributed by atoms with E-state index in [1.807, 2.05) is 6.08 Å². The Hall–Kier alpha value is -0.340. The molecule has 0 rings (SSSR count). The summed E-state index contributed by atoms with van der Waals surface area (Å²) in [6.07, 6.45) is 7.34. The fourth-order valence-corrected chi connectivity index (χ4v) is 2.04. The van der Waals surface area contributed by atoms with E-state index in [0.717, 1.165) is 19.0 Å². The van der Waals surface area contributed by atoms with Gasteiger partial charge < -0.3 is 5.32 Å². The zero-order chi connectivity index (χ0) is 13.8. The Bertz CT molecular complexity index is 188. The molecule has 0 aromatic heterocycles. The van der Waals surface area contributed by atoms with Gasteiger partial charge in [0, 0.05) is 12.6 Å². The van der Waals surface area contributed by atoms with Gasteiger partial charge >= 0.3 is 0 Å². The first-order valence-corrected chi connectivity index (χ1v) is 7.63. The molecule has 0 heterocycles. The number of hydrogen-bond donors (Lipinski definition) is 1. The van der Waals surface area contributed by atoms with Crippen molar-refractivity contribution in [2.45, 2.75) is 59.4 Å². The third-order valence-electron chi connectivity index (χ3n) is 3.20. The molecule has 0 radical (unpaired) electrons. The Kier molecular flexibility index (Phi) is 11.5. The molecule has 0 aromatic rings. The van der Waals surface area contributed by atoms with Crippen LogP contribution in [0.25, 0.3) is 0 Å². The largest absolute Gasteiger partial charge is 0.316 e. The van der Waals surface area contributed by atoms with Crippen LogP contribution in [-0.2, 0) is 0 Å². The van der Waals surface area contributed by atoms with Crippen molar-refractivity contribution in [1.82, 2.24) is 10.2 Å². The average Bonchev–Trinajstić information content (AvgIpc) is 2.30. The summed E-state index contributed by atoms with van der Waals surface area (Å²) in [5, 5.41) is 3.50. The Balaban J connectivity index is 3.35. The molecule has 0 aliphatic heterocycles. The van der Waals surface area contributed by atoms with Gasteiger partial charge in [-0.05, 0) is 52.2 Å². The second-order valence-electron chi connectivity index (χ2n) is 5.89. The highest BCUT2D eigenvalue weighted by Crippen LogP contribution is 2.05. The van der Waals surface area contributed by atoms with Crippen molar-refractivity contribution < 1.29 is 0 Å². The molecule has 0 atom stereocenters. The van der Waals surface area contributed by atoms with Gasteiger partial charge in [-0.15, -0.1) is 6.58 Å². The predicted molar refractivity (Wildman–Crippen MR) is 83.1 cm³/mol. The molecule has 0 bridgehead atoms. The van der Waals surface area contributed by atoms with Crippen molar-refractivity contribution in [1.29, 1.82) is 0 Å². The molecule has 108 valence electrons. The monoisotopic (exact) mass is 254 g/mol. The average molecular weight is 254 g/mol. The first kappa shape index (κ1) is 17.7. The second-order valence-corrected chi connectivity index (χ2v) is 5.89. The zero-order valence-electron chi connectivity index (χ0n) is 13.0. The van der Waals surface area contributed by atoms with E-state index < -0.39 is 0 Å². The van der Waals surface area contributed by atoms with Gasteiger partial charge in [0.1, 0.15) is 0 Å². The van der Waals surface area contributed by atoms with Gasteiger partial charge in [0.05, 0.1) is 0 Å². The second kappa shape index (κ2) is 11.7. The summed E-state index contributed by atoms with van der Waals surface area (Å²) in [5.74, 6) is 0.767. The van der Waals surface area contributed by atoms with Gasteiger partial charge in [-0.2, -0.15) is 0 Å². The molecule has 2 nitrogen and oxygen atoms in total. The highest BCUT2D eigenvalue weighted by molar-refractivity contribution is 4.75. The maximum atomic E-state index is 3.83. The maximum absolute atomic E-state index is 3.83. The molecule has 1 N–H and O–H groups in total. The van der Waals surface area contributed by atoms with Crippen molar-refractivity contribution in [3.63, 3.8) is 0 Å². The van der Waals surface area contributed by atoms with Crippen LogP contribution in [0.3, 0.4) is 0 Å². The summed E-state index contributed by atoms with van der Waals surface area (Å²) >= 11 is 0. The lowest BCUT2D eigenvalue weighted by Gasteiger charge is -2.24. The minimum atomic E-state index is 0.635. The highest BCUT2D eigenvalue weighted by Gasteiger charge is 2.06. The van der Waals surface area contributed by atoms with Crippen LogP contribution in [0.2, 0.25) is 0 Å². The number of unbranched alkanes of at least 4 members (excludes halogenated alkanes) is 3. The van der Waals surface area contributed by atoms with E-state index in [-0.39, 0.29) is 0 Å². The molecule has 18 heavy (non-hydrogen) atoms.